The van der Waals surface area contributed by atoms with Crippen LogP contribution in [0.4, 0.5) is 0 Å². The number of rotatable bonds is 9. The van der Waals surface area contributed by atoms with Crippen LogP contribution in [0.25, 0.3) is 0 Å². The van der Waals surface area contributed by atoms with Gasteiger partial charge >= 0.3 is 5.97 Å². The van der Waals surface area contributed by atoms with Crippen molar-refractivity contribution in [1.82, 2.24) is 10.2 Å². The molecule has 2 N–H and O–H groups in total. The third kappa shape index (κ3) is 5.48. The SMILES string of the molecule is CCC(CC)C(CNCc1ccc(C(=O)O)cc1)N(C)C. The Hall–Kier alpha value is -1.39. The first-order chi connectivity index (χ1) is 9.99. The topological polar surface area (TPSA) is 52.6 Å². The van der Waals surface area contributed by atoms with E-state index in [0.717, 1.165) is 18.7 Å². The fourth-order valence-electron chi connectivity index (χ4n) is 2.73. The second-order valence-corrected chi connectivity index (χ2v) is 5.74. The molecule has 118 valence electrons. The van der Waals surface area contributed by atoms with Crippen molar-refractivity contribution >= 4 is 5.97 Å². The van der Waals surface area contributed by atoms with Gasteiger partial charge in [0.15, 0.2) is 0 Å². The Morgan fingerprint density at radius 2 is 1.76 bits per heavy atom. The lowest BCUT2D eigenvalue weighted by atomic mass is 9.93. The Labute approximate surface area is 128 Å². The van der Waals surface area contributed by atoms with Gasteiger partial charge in [0, 0.05) is 19.1 Å². The number of nitrogens with one attached hydrogen (secondary N) is 1. The van der Waals surface area contributed by atoms with Crippen molar-refractivity contribution < 1.29 is 9.90 Å². The largest absolute Gasteiger partial charge is 0.478 e. The molecule has 0 spiro atoms. The van der Waals surface area contributed by atoms with E-state index in [1.54, 1.807) is 12.1 Å². The van der Waals surface area contributed by atoms with Crippen molar-refractivity contribution in [2.75, 3.05) is 20.6 Å². The van der Waals surface area contributed by atoms with Crippen LogP contribution >= 0.6 is 0 Å². The van der Waals surface area contributed by atoms with Gasteiger partial charge in [0.05, 0.1) is 5.56 Å². The summed E-state index contributed by atoms with van der Waals surface area (Å²) in [6.45, 7) is 6.20. The lowest BCUT2D eigenvalue weighted by Gasteiger charge is -2.31. The Morgan fingerprint density at radius 3 is 2.19 bits per heavy atom. The van der Waals surface area contributed by atoms with Crippen LogP contribution in [-0.2, 0) is 6.54 Å². The fraction of sp³-hybridized carbons (Fsp3) is 0.588. The highest BCUT2D eigenvalue weighted by Gasteiger charge is 2.19. The molecular weight excluding hydrogens is 264 g/mol. The van der Waals surface area contributed by atoms with Crippen LogP contribution in [0.3, 0.4) is 0 Å². The summed E-state index contributed by atoms with van der Waals surface area (Å²) in [4.78, 5) is 13.1. The third-order valence-electron chi connectivity index (χ3n) is 4.14. The quantitative estimate of drug-likeness (QED) is 0.735. The molecule has 0 saturated heterocycles. The van der Waals surface area contributed by atoms with E-state index in [4.69, 9.17) is 5.11 Å². The van der Waals surface area contributed by atoms with Gasteiger partial charge in [-0.1, -0.05) is 38.8 Å². The first-order valence-electron chi connectivity index (χ1n) is 7.68. The molecule has 0 aliphatic carbocycles. The van der Waals surface area contributed by atoms with Crippen LogP contribution in [0.5, 0.6) is 0 Å². The summed E-state index contributed by atoms with van der Waals surface area (Å²) in [5.41, 5.74) is 1.45. The standard InChI is InChI=1S/C17H28N2O2/c1-5-14(6-2)16(19(3)4)12-18-11-13-7-9-15(10-8-13)17(20)21/h7-10,14,16,18H,5-6,11-12H2,1-4H3,(H,20,21). The van der Waals surface area contributed by atoms with E-state index in [9.17, 15) is 4.79 Å². The summed E-state index contributed by atoms with van der Waals surface area (Å²) in [7, 11) is 4.26. The normalized spacial score (nSPS) is 12.9. The molecule has 21 heavy (non-hydrogen) atoms. The fourth-order valence-corrected chi connectivity index (χ4v) is 2.73. The van der Waals surface area contributed by atoms with Crippen LogP contribution in [0.1, 0.15) is 42.6 Å². The predicted octanol–water partition coefficient (Wildman–Crippen LogP) is 2.84. The molecule has 0 aromatic heterocycles. The molecule has 1 atom stereocenters. The van der Waals surface area contributed by atoms with Gasteiger partial charge in [-0.25, -0.2) is 4.79 Å². The average Bonchev–Trinajstić information content (AvgIpc) is 2.47. The van der Waals surface area contributed by atoms with Crippen molar-refractivity contribution in [2.24, 2.45) is 5.92 Å². The minimum absolute atomic E-state index is 0.335. The molecule has 4 heteroatoms. The van der Waals surface area contributed by atoms with Crippen molar-refractivity contribution in [3.05, 3.63) is 35.4 Å². The summed E-state index contributed by atoms with van der Waals surface area (Å²) in [5.74, 6) is -0.183. The molecule has 0 amide bonds. The number of nitrogens with zero attached hydrogens (tertiary/aromatic N) is 1. The van der Waals surface area contributed by atoms with Crippen LogP contribution in [0, 0.1) is 5.92 Å². The molecule has 0 fully saturated rings. The van der Waals surface area contributed by atoms with Gasteiger partial charge in [-0.05, 0) is 37.7 Å². The zero-order valence-electron chi connectivity index (χ0n) is 13.6. The zero-order valence-corrected chi connectivity index (χ0v) is 13.6. The molecule has 4 nitrogen and oxygen atoms in total. The number of hydrogen-bond acceptors (Lipinski definition) is 3. The van der Waals surface area contributed by atoms with E-state index in [2.05, 4.69) is 38.2 Å². The number of likely N-dealkylation sites (N-methyl/N-ethyl adjacent to an activating group) is 1. The van der Waals surface area contributed by atoms with Crippen LogP contribution in [0.2, 0.25) is 0 Å². The third-order valence-corrected chi connectivity index (χ3v) is 4.14. The second-order valence-electron chi connectivity index (χ2n) is 5.74. The average molecular weight is 292 g/mol. The van der Waals surface area contributed by atoms with Gasteiger partial charge in [0.25, 0.3) is 0 Å². The number of carboxylic acids is 1. The smallest absolute Gasteiger partial charge is 0.335 e. The van der Waals surface area contributed by atoms with E-state index >= 15 is 0 Å². The summed E-state index contributed by atoms with van der Waals surface area (Å²) in [6, 6.07) is 7.59. The van der Waals surface area contributed by atoms with E-state index in [-0.39, 0.29) is 0 Å². The van der Waals surface area contributed by atoms with Crippen molar-refractivity contribution in [2.45, 2.75) is 39.3 Å². The maximum Gasteiger partial charge on any atom is 0.335 e. The molecule has 0 aliphatic heterocycles. The van der Waals surface area contributed by atoms with Crippen LogP contribution < -0.4 is 5.32 Å². The first-order valence-corrected chi connectivity index (χ1v) is 7.68. The van der Waals surface area contributed by atoms with Crippen molar-refractivity contribution in [3.63, 3.8) is 0 Å². The van der Waals surface area contributed by atoms with E-state index < -0.39 is 5.97 Å². The minimum atomic E-state index is -0.879. The zero-order chi connectivity index (χ0) is 15.8. The second kappa shape index (κ2) is 8.80. The Kier molecular flexibility index (Phi) is 7.40. The Balaban J connectivity index is 2.52. The molecule has 0 aliphatic rings. The highest BCUT2D eigenvalue weighted by atomic mass is 16.4. The summed E-state index contributed by atoms with van der Waals surface area (Å²) in [5, 5.41) is 12.4. The lowest BCUT2D eigenvalue weighted by molar-refractivity contribution is 0.0697. The molecule has 1 rings (SSSR count). The minimum Gasteiger partial charge on any atom is -0.478 e. The van der Waals surface area contributed by atoms with Crippen LogP contribution in [0.15, 0.2) is 24.3 Å². The highest BCUT2D eigenvalue weighted by molar-refractivity contribution is 5.87. The Morgan fingerprint density at radius 1 is 1.19 bits per heavy atom. The maximum absolute atomic E-state index is 10.8. The van der Waals surface area contributed by atoms with E-state index in [0.29, 0.717) is 17.5 Å². The molecule has 1 aromatic rings. The van der Waals surface area contributed by atoms with Gasteiger partial charge in [0.2, 0.25) is 0 Å². The molecular formula is C17H28N2O2. The molecule has 1 aromatic carbocycles. The predicted molar refractivity (Wildman–Crippen MR) is 86.7 cm³/mol. The number of aromatic carboxylic acids is 1. The number of hydrogen-bond donors (Lipinski definition) is 2. The molecule has 0 bridgehead atoms. The number of benzene rings is 1. The van der Waals surface area contributed by atoms with Gasteiger partial charge in [0.1, 0.15) is 0 Å². The van der Waals surface area contributed by atoms with Crippen LogP contribution in [-0.4, -0.2) is 42.7 Å². The van der Waals surface area contributed by atoms with E-state index in [1.165, 1.54) is 12.8 Å². The first kappa shape index (κ1) is 17.7. The highest BCUT2D eigenvalue weighted by Crippen LogP contribution is 2.16. The number of carbonyl (C=O) groups is 1. The number of carboxylic acid groups (broad SMARTS) is 1. The van der Waals surface area contributed by atoms with Crippen molar-refractivity contribution in [3.8, 4) is 0 Å². The van der Waals surface area contributed by atoms with Gasteiger partial charge in [-0.3, -0.25) is 0 Å². The van der Waals surface area contributed by atoms with Gasteiger partial charge in [-0.2, -0.15) is 0 Å². The van der Waals surface area contributed by atoms with Crippen molar-refractivity contribution in [1.29, 1.82) is 0 Å². The summed E-state index contributed by atoms with van der Waals surface area (Å²) >= 11 is 0. The molecule has 0 heterocycles. The van der Waals surface area contributed by atoms with E-state index in [1.807, 2.05) is 12.1 Å². The van der Waals surface area contributed by atoms with Gasteiger partial charge in [-0.15, -0.1) is 0 Å². The maximum atomic E-state index is 10.8. The lowest BCUT2D eigenvalue weighted by Crippen LogP contribution is -2.42. The molecule has 1 unspecified atom stereocenters. The Bertz CT molecular complexity index is 425. The summed E-state index contributed by atoms with van der Waals surface area (Å²) in [6.07, 6.45) is 2.38. The summed E-state index contributed by atoms with van der Waals surface area (Å²) < 4.78 is 0. The monoisotopic (exact) mass is 292 g/mol. The molecule has 0 saturated carbocycles. The molecule has 0 radical (unpaired) electrons. The van der Waals surface area contributed by atoms with Gasteiger partial charge < -0.3 is 15.3 Å².